The van der Waals surface area contributed by atoms with E-state index in [0.29, 0.717) is 30.8 Å². The molecule has 1 N–H and O–H groups in total. The number of hydrogen-bond donors (Lipinski definition) is 1. The van der Waals surface area contributed by atoms with Crippen LogP contribution in [-0.2, 0) is 7.05 Å². The van der Waals surface area contributed by atoms with Gasteiger partial charge in [0.2, 0.25) is 0 Å². The number of ether oxygens (including phenoxy) is 1. The number of amides is 1. The van der Waals surface area contributed by atoms with Gasteiger partial charge in [-0.25, -0.2) is 0 Å². The first kappa shape index (κ1) is 15.6. The zero-order valence-electron chi connectivity index (χ0n) is 13.3. The molecule has 0 spiro atoms. The van der Waals surface area contributed by atoms with Gasteiger partial charge in [-0.3, -0.25) is 9.48 Å². The van der Waals surface area contributed by atoms with Crippen molar-refractivity contribution in [3.05, 3.63) is 48.3 Å². The lowest BCUT2D eigenvalue weighted by Crippen LogP contribution is -2.57. The highest BCUT2D eigenvalue weighted by Crippen LogP contribution is 2.27. The SMILES string of the molecule is Cn1cc(C(=O)N2CC[C@@](C)(O)[C@H](Oc3ccccc3)C2)cn1. The number of piperidine rings is 1. The Morgan fingerprint density at radius 1 is 1.39 bits per heavy atom. The van der Waals surface area contributed by atoms with Crippen LogP contribution in [0.25, 0.3) is 0 Å². The molecule has 1 aliphatic rings. The van der Waals surface area contributed by atoms with Crippen molar-refractivity contribution in [3.8, 4) is 5.75 Å². The maximum absolute atomic E-state index is 12.6. The Morgan fingerprint density at radius 3 is 2.78 bits per heavy atom. The highest BCUT2D eigenvalue weighted by molar-refractivity contribution is 5.93. The standard InChI is InChI=1S/C17H21N3O3/c1-17(22)8-9-20(16(21)13-10-18-19(2)11-13)12-15(17)23-14-6-4-3-5-7-14/h3-7,10-11,15,22H,8-9,12H2,1-2H3/t15-,17-/m1/s1. The molecule has 1 fully saturated rings. The Labute approximate surface area is 135 Å². The monoisotopic (exact) mass is 315 g/mol. The smallest absolute Gasteiger partial charge is 0.257 e. The molecule has 2 heterocycles. The quantitative estimate of drug-likeness (QED) is 0.931. The first-order valence-corrected chi connectivity index (χ1v) is 7.68. The molecule has 0 aliphatic carbocycles. The van der Waals surface area contributed by atoms with Crippen LogP contribution < -0.4 is 4.74 Å². The van der Waals surface area contributed by atoms with Crippen molar-refractivity contribution in [2.45, 2.75) is 25.0 Å². The number of aliphatic hydroxyl groups is 1. The van der Waals surface area contributed by atoms with Crippen molar-refractivity contribution in [1.29, 1.82) is 0 Å². The first-order valence-electron chi connectivity index (χ1n) is 7.68. The van der Waals surface area contributed by atoms with Gasteiger partial charge in [-0.1, -0.05) is 18.2 Å². The Bertz CT molecular complexity index is 681. The van der Waals surface area contributed by atoms with Crippen LogP contribution in [0.2, 0.25) is 0 Å². The van der Waals surface area contributed by atoms with Gasteiger partial charge in [0.25, 0.3) is 5.91 Å². The summed E-state index contributed by atoms with van der Waals surface area (Å²) < 4.78 is 7.53. The van der Waals surface area contributed by atoms with Gasteiger partial charge >= 0.3 is 0 Å². The average molecular weight is 315 g/mol. The van der Waals surface area contributed by atoms with E-state index >= 15 is 0 Å². The maximum Gasteiger partial charge on any atom is 0.257 e. The van der Waals surface area contributed by atoms with Crippen LogP contribution in [-0.4, -0.2) is 50.5 Å². The van der Waals surface area contributed by atoms with E-state index in [4.69, 9.17) is 4.74 Å². The summed E-state index contributed by atoms with van der Waals surface area (Å²) in [5.74, 6) is 0.601. The molecule has 0 radical (unpaired) electrons. The number of rotatable bonds is 3. The van der Waals surface area contributed by atoms with Crippen molar-refractivity contribution < 1.29 is 14.6 Å². The number of nitrogens with zero attached hydrogens (tertiary/aromatic N) is 3. The number of likely N-dealkylation sites (tertiary alicyclic amines) is 1. The van der Waals surface area contributed by atoms with E-state index in [1.165, 1.54) is 0 Å². The third-order valence-corrected chi connectivity index (χ3v) is 4.23. The number of carbonyl (C=O) groups excluding carboxylic acids is 1. The van der Waals surface area contributed by atoms with Gasteiger partial charge in [-0.2, -0.15) is 5.10 Å². The van der Waals surface area contributed by atoms with E-state index < -0.39 is 11.7 Å². The number of para-hydroxylation sites is 1. The van der Waals surface area contributed by atoms with Gasteiger partial charge in [-0.05, 0) is 25.5 Å². The third kappa shape index (κ3) is 3.37. The van der Waals surface area contributed by atoms with Gasteiger partial charge in [0.05, 0.1) is 18.3 Å². The fraction of sp³-hybridized carbons (Fsp3) is 0.412. The molecule has 23 heavy (non-hydrogen) atoms. The molecule has 3 rings (SSSR count). The molecule has 0 bridgehead atoms. The lowest BCUT2D eigenvalue weighted by molar-refractivity contribution is -0.0881. The number of hydrogen-bond acceptors (Lipinski definition) is 4. The van der Waals surface area contributed by atoms with Gasteiger partial charge in [-0.15, -0.1) is 0 Å². The second kappa shape index (κ2) is 6.04. The van der Waals surface area contributed by atoms with E-state index in [1.54, 1.807) is 35.9 Å². The van der Waals surface area contributed by atoms with Crippen LogP contribution in [0, 0.1) is 0 Å². The van der Waals surface area contributed by atoms with Crippen LogP contribution >= 0.6 is 0 Å². The highest BCUT2D eigenvalue weighted by Gasteiger charge is 2.41. The molecule has 2 aromatic rings. The molecule has 1 aliphatic heterocycles. The summed E-state index contributed by atoms with van der Waals surface area (Å²) in [7, 11) is 1.78. The summed E-state index contributed by atoms with van der Waals surface area (Å²) in [4.78, 5) is 14.3. The van der Waals surface area contributed by atoms with Gasteiger partial charge in [0, 0.05) is 19.8 Å². The van der Waals surface area contributed by atoms with Crippen molar-refractivity contribution >= 4 is 5.91 Å². The normalized spacial score (nSPS) is 24.5. The Hall–Kier alpha value is -2.34. The number of aryl methyl sites for hydroxylation is 1. The minimum absolute atomic E-state index is 0.0877. The minimum Gasteiger partial charge on any atom is -0.486 e. The summed E-state index contributed by atoms with van der Waals surface area (Å²) in [5, 5.41) is 14.6. The van der Waals surface area contributed by atoms with E-state index in [9.17, 15) is 9.90 Å². The van der Waals surface area contributed by atoms with Crippen molar-refractivity contribution in [2.24, 2.45) is 7.05 Å². The maximum atomic E-state index is 12.6. The van der Waals surface area contributed by atoms with Gasteiger partial charge in [0.15, 0.2) is 0 Å². The Kier molecular flexibility index (Phi) is 4.09. The topological polar surface area (TPSA) is 67.6 Å². The van der Waals surface area contributed by atoms with E-state index in [1.807, 2.05) is 30.3 Å². The van der Waals surface area contributed by atoms with Crippen LogP contribution in [0.3, 0.4) is 0 Å². The molecule has 1 amide bonds. The van der Waals surface area contributed by atoms with E-state index in [0.717, 1.165) is 0 Å². The summed E-state index contributed by atoms with van der Waals surface area (Å²) in [6.45, 7) is 2.59. The third-order valence-electron chi connectivity index (χ3n) is 4.23. The van der Waals surface area contributed by atoms with Crippen molar-refractivity contribution in [1.82, 2.24) is 14.7 Å². The largest absolute Gasteiger partial charge is 0.486 e. The summed E-state index contributed by atoms with van der Waals surface area (Å²) >= 11 is 0. The molecular formula is C17H21N3O3. The van der Waals surface area contributed by atoms with Crippen LogP contribution in [0.5, 0.6) is 5.75 Å². The molecule has 0 saturated carbocycles. The van der Waals surface area contributed by atoms with Crippen LogP contribution in [0.4, 0.5) is 0 Å². The molecule has 2 atom stereocenters. The fourth-order valence-electron chi connectivity index (χ4n) is 2.74. The minimum atomic E-state index is -0.971. The van der Waals surface area contributed by atoms with Gasteiger partial charge < -0.3 is 14.7 Å². The molecular weight excluding hydrogens is 294 g/mol. The molecule has 6 heteroatoms. The van der Waals surface area contributed by atoms with Crippen molar-refractivity contribution in [3.63, 3.8) is 0 Å². The lowest BCUT2D eigenvalue weighted by atomic mass is 9.90. The highest BCUT2D eigenvalue weighted by atomic mass is 16.5. The predicted octanol–water partition coefficient (Wildman–Crippen LogP) is 1.46. The molecule has 6 nitrogen and oxygen atoms in total. The fourth-order valence-corrected chi connectivity index (χ4v) is 2.74. The molecule has 1 aromatic carbocycles. The molecule has 1 aromatic heterocycles. The summed E-state index contributed by atoms with van der Waals surface area (Å²) in [6.07, 6.45) is 3.25. The average Bonchev–Trinajstić information content (AvgIpc) is 2.96. The second-order valence-corrected chi connectivity index (χ2v) is 6.18. The Morgan fingerprint density at radius 2 is 2.13 bits per heavy atom. The lowest BCUT2D eigenvalue weighted by Gasteiger charge is -2.42. The van der Waals surface area contributed by atoms with E-state index in [-0.39, 0.29) is 5.91 Å². The zero-order chi connectivity index (χ0) is 16.4. The molecule has 0 unspecified atom stereocenters. The summed E-state index contributed by atoms with van der Waals surface area (Å²) in [5.41, 5.74) is -0.422. The number of carbonyl (C=O) groups is 1. The van der Waals surface area contributed by atoms with Crippen LogP contribution in [0.1, 0.15) is 23.7 Å². The predicted molar refractivity (Wildman–Crippen MR) is 85.2 cm³/mol. The first-order chi connectivity index (χ1) is 11.0. The second-order valence-electron chi connectivity index (χ2n) is 6.18. The van der Waals surface area contributed by atoms with Gasteiger partial charge in [0.1, 0.15) is 17.5 Å². The van der Waals surface area contributed by atoms with E-state index in [2.05, 4.69) is 5.10 Å². The molecule has 1 saturated heterocycles. The van der Waals surface area contributed by atoms with Crippen LogP contribution in [0.15, 0.2) is 42.7 Å². The Balaban J connectivity index is 1.74. The number of benzene rings is 1. The number of aromatic nitrogens is 2. The zero-order valence-corrected chi connectivity index (χ0v) is 13.3. The molecule has 122 valence electrons. The summed E-state index contributed by atoms with van der Waals surface area (Å²) in [6, 6.07) is 9.36. The van der Waals surface area contributed by atoms with Crippen molar-refractivity contribution in [2.75, 3.05) is 13.1 Å².